The third-order valence-electron chi connectivity index (χ3n) is 3.54. The molecule has 1 heterocycles. The van der Waals surface area contributed by atoms with E-state index >= 15 is 0 Å². The monoisotopic (exact) mass is 331 g/mol. The van der Waals surface area contributed by atoms with E-state index < -0.39 is 0 Å². The highest BCUT2D eigenvalue weighted by Crippen LogP contribution is 2.24. The van der Waals surface area contributed by atoms with Crippen molar-refractivity contribution in [2.24, 2.45) is 7.05 Å². The minimum atomic E-state index is -0.212. The molecule has 0 aliphatic carbocycles. The second-order valence-electron chi connectivity index (χ2n) is 6.68. The van der Waals surface area contributed by atoms with Gasteiger partial charge in [-0.25, -0.2) is 0 Å². The predicted octanol–water partition coefficient (Wildman–Crippen LogP) is 2.02. The lowest BCUT2D eigenvalue weighted by Crippen LogP contribution is -2.26. The number of nitrogens with one attached hydrogen (secondary N) is 1. The van der Waals surface area contributed by atoms with Gasteiger partial charge in [0.2, 0.25) is 0 Å². The number of aryl methyl sites for hydroxylation is 1. The highest BCUT2D eigenvalue weighted by molar-refractivity contribution is 5.95. The first-order valence-corrected chi connectivity index (χ1v) is 7.97. The third kappa shape index (κ3) is 4.35. The summed E-state index contributed by atoms with van der Waals surface area (Å²) in [4.78, 5) is 12.6. The molecule has 2 aromatic rings. The van der Waals surface area contributed by atoms with E-state index in [1.165, 1.54) is 0 Å². The Morgan fingerprint density at radius 1 is 1.33 bits per heavy atom. The number of hydrogen-bond acceptors (Lipinski definition) is 4. The number of nitrogens with zero attached hydrogens (tertiary/aromatic N) is 2. The van der Waals surface area contributed by atoms with Crippen LogP contribution < -0.4 is 10.1 Å². The highest BCUT2D eigenvalue weighted by atomic mass is 16.5. The lowest BCUT2D eigenvalue weighted by Gasteiger charge is -2.17. The lowest BCUT2D eigenvalue weighted by atomic mass is 9.89. The normalized spacial score (nSPS) is 11.4. The maximum Gasteiger partial charge on any atom is 0.255 e. The first-order valence-electron chi connectivity index (χ1n) is 7.97. The van der Waals surface area contributed by atoms with Crippen molar-refractivity contribution in [1.82, 2.24) is 15.1 Å². The van der Waals surface area contributed by atoms with Gasteiger partial charge in [0.05, 0.1) is 17.9 Å². The number of benzene rings is 1. The molecule has 0 fully saturated rings. The van der Waals surface area contributed by atoms with E-state index in [-0.39, 0.29) is 24.5 Å². The zero-order valence-corrected chi connectivity index (χ0v) is 14.7. The standard InChI is InChI=1S/C18H25N3O3/c1-18(2,3)16-14(12-21(4)20-16)17(23)19-11-13-7-5-6-8-15(13)24-10-9-22/h5-8,12,22H,9-11H2,1-4H3,(H,19,23). The molecular formula is C18H25N3O3. The van der Waals surface area contributed by atoms with Crippen LogP contribution in [-0.4, -0.2) is 34.0 Å². The van der Waals surface area contributed by atoms with Gasteiger partial charge >= 0.3 is 0 Å². The van der Waals surface area contributed by atoms with Gasteiger partial charge in [-0.3, -0.25) is 9.48 Å². The molecule has 0 radical (unpaired) electrons. The quantitative estimate of drug-likeness (QED) is 0.849. The molecule has 2 rings (SSSR count). The summed E-state index contributed by atoms with van der Waals surface area (Å²) >= 11 is 0. The van der Waals surface area contributed by atoms with Crippen LogP contribution in [-0.2, 0) is 19.0 Å². The van der Waals surface area contributed by atoms with Crippen LogP contribution in [0.25, 0.3) is 0 Å². The minimum Gasteiger partial charge on any atom is -0.491 e. The van der Waals surface area contributed by atoms with Gasteiger partial charge in [-0.15, -0.1) is 0 Å². The van der Waals surface area contributed by atoms with Crippen LogP contribution in [0.15, 0.2) is 30.5 Å². The lowest BCUT2D eigenvalue weighted by molar-refractivity contribution is 0.0948. The number of amides is 1. The molecule has 6 heteroatoms. The fraction of sp³-hybridized carbons (Fsp3) is 0.444. The maximum absolute atomic E-state index is 12.6. The van der Waals surface area contributed by atoms with Crippen molar-refractivity contribution in [3.8, 4) is 5.75 Å². The third-order valence-corrected chi connectivity index (χ3v) is 3.54. The van der Waals surface area contributed by atoms with Gasteiger partial charge in [-0.05, 0) is 6.07 Å². The van der Waals surface area contributed by atoms with Crippen molar-refractivity contribution < 1.29 is 14.6 Å². The van der Waals surface area contributed by atoms with E-state index in [1.54, 1.807) is 10.9 Å². The van der Waals surface area contributed by atoms with Crippen molar-refractivity contribution in [2.45, 2.75) is 32.7 Å². The molecule has 6 nitrogen and oxygen atoms in total. The molecule has 0 saturated carbocycles. The number of ether oxygens (including phenoxy) is 1. The van der Waals surface area contributed by atoms with E-state index in [9.17, 15) is 4.79 Å². The maximum atomic E-state index is 12.6. The second-order valence-corrected chi connectivity index (χ2v) is 6.68. The molecule has 0 bridgehead atoms. The summed E-state index contributed by atoms with van der Waals surface area (Å²) < 4.78 is 7.15. The van der Waals surface area contributed by atoms with Gasteiger partial charge in [-0.2, -0.15) is 5.10 Å². The van der Waals surface area contributed by atoms with Crippen LogP contribution in [0.4, 0.5) is 0 Å². The summed E-state index contributed by atoms with van der Waals surface area (Å²) in [6.45, 7) is 6.62. The molecule has 24 heavy (non-hydrogen) atoms. The Labute approximate surface area is 142 Å². The summed E-state index contributed by atoms with van der Waals surface area (Å²) in [5.74, 6) is 0.499. The molecule has 1 aromatic carbocycles. The van der Waals surface area contributed by atoms with Crippen LogP contribution in [0.5, 0.6) is 5.75 Å². The molecule has 0 aliphatic heterocycles. The van der Waals surface area contributed by atoms with Gasteiger partial charge in [0.25, 0.3) is 5.91 Å². The van der Waals surface area contributed by atoms with Crippen LogP contribution in [0.3, 0.4) is 0 Å². The molecule has 0 aliphatic rings. The Kier molecular flexibility index (Phi) is 5.62. The number of hydrogen-bond donors (Lipinski definition) is 2. The Bertz CT molecular complexity index is 702. The molecule has 1 aromatic heterocycles. The molecular weight excluding hydrogens is 306 g/mol. The van der Waals surface area contributed by atoms with Crippen molar-refractivity contribution in [3.05, 3.63) is 47.3 Å². The minimum absolute atomic E-state index is 0.0503. The second kappa shape index (κ2) is 7.49. The van der Waals surface area contributed by atoms with Crippen LogP contribution >= 0.6 is 0 Å². The van der Waals surface area contributed by atoms with Crippen LogP contribution in [0, 0.1) is 0 Å². The van der Waals surface area contributed by atoms with Gasteiger partial charge in [0.15, 0.2) is 0 Å². The molecule has 0 saturated heterocycles. The van der Waals surface area contributed by atoms with E-state index in [1.807, 2.05) is 52.1 Å². The SMILES string of the molecule is Cn1cc(C(=O)NCc2ccccc2OCCO)c(C(C)(C)C)n1. The van der Waals surface area contributed by atoms with E-state index in [0.717, 1.165) is 11.3 Å². The topological polar surface area (TPSA) is 76.4 Å². The number of rotatable bonds is 6. The molecule has 130 valence electrons. The van der Waals surface area contributed by atoms with Crippen LogP contribution in [0.2, 0.25) is 0 Å². The molecule has 0 unspecified atom stereocenters. The van der Waals surface area contributed by atoms with Gasteiger partial charge < -0.3 is 15.2 Å². The van der Waals surface area contributed by atoms with Crippen molar-refractivity contribution in [2.75, 3.05) is 13.2 Å². The largest absolute Gasteiger partial charge is 0.491 e. The fourth-order valence-electron chi connectivity index (χ4n) is 2.43. The summed E-state index contributed by atoms with van der Waals surface area (Å²) in [6.07, 6.45) is 1.74. The first kappa shape index (κ1) is 18.0. The molecule has 1 amide bonds. The molecule has 0 spiro atoms. The van der Waals surface area contributed by atoms with Gasteiger partial charge in [0.1, 0.15) is 12.4 Å². The van der Waals surface area contributed by atoms with Crippen molar-refractivity contribution >= 4 is 5.91 Å². The zero-order chi connectivity index (χ0) is 17.7. The van der Waals surface area contributed by atoms with Crippen LogP contribution in [0.1, 0.15) is 42.4 Å². The van der Waals surface area contributed by atoms with Crippen molar-refractivity contribution in [3.63, 3.8) is 0 Å². The number of para-hydroxylation sites is 1. The summed E-state index contributed by atoms with van der Waals surface area (Å²) in [6, 6.07) is 7.46. The molecule has 2 N–H and O–H groups in total. The van der Waals surface area contributed by atoms with E-state index in [0.29, 0.717) is 17.9 Å². The molecule has 0 atom stereocenters. The van der Waals surface area contributed by atoms with Gasteiger partial charge in [-0.1, -0.05) is 39.0 Å². The number of aliphatic hydroxyl groups excluding tert-OH is 1. The average Bonchev–Trinajstić information content (AvgIpc) is 2.93. The van der Waals surface area contributed by atoms with Gasteiger partial charge in [0, 0.05) is 30.8 Å². The van der Waals surface area contributed by atoms with E-state index in [2.05, 4.69) is 10.4 Å². The number of aromatic nitrogens is 2. The summed E-state index contributed by atoms with van der Waals surface area (Å²) in [7, 11) is 1.81. The van der Waals surface area contributed by atoms with E-state index in [4.69, 9.17) is 9.84 Å². The fourth-order valence-corrected chi connectivity index (χ4v) is 2.43. The van der Waals surface area contributed by atoms with Crippen molar-refractivity contribution in [1.29, 1.82) is 0 Å². The first-order chi connectivity index (χ1) is 11.3. The Balaban J connectivity index is 2.12. The number of carbonyl (C=O) groups excluding carboxylic acids is 1. The smallest absolute Gasteiger partial charge is 0.255 e. The highest BCUT2D eigenvalue weighted by Gasteiger charge is 2.25. The average molecular weight is 331 g/mol. The zero-order valence-electron chi connectivity index (χ0n) is 14.7. The Morgan fingerprint density at radius 3 is 2.71 bits per heavy atom. The number of carbonyl (C=O) groups is 1. The number of aliphatic hydroxyl groups is 1. The Morgan fingerprint density at radius 2 is 2.04 bits per heavy atom. The summed E-state index contributed by atoms with van der Waals surface area (Å²) in [5, 5.41) is 16.2. The Hall–Kier alpha value is -2.34. The predicted molar refractivity (Wildman–Crippen MR) is 92.1 cm³/mol. The summed E-state index contributed by atoms with van der Waals surface area (Å²) in [5.41, 5.74) is 2.00.